The fourth-order valence-electron chi connectivity index (χ4n) is 5.54. The molecular formula is C28H36N4O2. The molecule has 6 heteroatoms. The zero-order valence-electron chi connectivity index (χ0n) is 20.6. The number of pyridine rings is 1. The molecule has 2 aromatic heterocycles. The fraction of sp³-hybridized carbons (Fsp3) is 0.500. The third-order valence-electron chi connectivity index (χ3n) is 7.41. The Balaban J connectivity index is 1.32. The van der Waals surface area contributed by atoms with Gasteiger partial charge in [-0.1, -0.05) is 19.9 Å². The summed E-state index contributed by atoms with van der Waals surface area (Å²) in [7, 11) is 0. The summed E-state index contributed by atoms with van der Waals surface area (Å²) in [6, 6.07) is 11.2. The van der Waals surface area contributed by atoms with Crippen molar-refractivity contribution in [3.05, 3.63) is 53.3 Å². The molecule has 1 amide bonds. The first-order chi connectivity index (χ1) is 16.5. The first kappa shape index (κ1) is 23.1. The Morgan fingerprint density at radius 1 is 1.12 bits per heavy atom. The number of carbonyl (C=O) groups excluding carboxylic acids is 1. The van der Waals surface area contributed by atoms with Crippen LogP contribution in [0.5, 0.6) is 0 Å². The highest BCUT2D eigenvalue weighted by Crippen LogP contribution is 2.38. The van der Waals surface area contributed by atoms with Gasteiger partial charge in [0.25, 0.3) is 0 Å². The Morgan fingerprint density at radius 3 is 2.59 bits per heavy atom. The van der Waals surface area contributed by atoms with Crippen molar-refractivity contribution in [2.24, 2.45) is 0 Å². The van der Waals surface area contributed by atoms with Gasteiger partial charge in [-0.3, -0.25) is 14.7 Å². The van der Waals surface area contributed by atoms with Crippen molar-refractivity contribution in [3.8, 4) is 11.3 Å². The number of H-pyrrole nitrogens is 1. The summed E-state index contributed by atoms with van der Waals surface area (Å²) in [4.78, 5) is 25.0. The van der Waals surface area contributed by atoms with Gasteiger partial charge in [-0.2, -0.15) is 0 Å². The van der Waals surface area contributed by atoms with Gasteiger partial charge in [0.2, 0.25) is 5.91 Å². The van der Waals surface area contributed by atoms with Crippen LogP contribution in [0.4, 0.5) is 0 Å². The number of morpholine rings is 1. The van der Waals surface area contributed by atoms with Crippen LogP contribution in [0.1, 0.15) is 55.3 Å². The van der Waals surface area contributed by atoms with Gasteiger partial charge in [-0.05, 0) is 80.1 Å². The van der Waals surface area contributed by atoms with Gasteiger partial charge >= 0.3 is 0 Å². The predicted octanol–water partition coefficient (Wildman–Crippen LogP) is 4.70. The molecule has 0 bridgehead atoms. The van der Waals surface area contributed by atoms with Crippen molar-refractivity contribution in [2.45, 2.75) is 45.4 Å². The summed E-state index contributed by atoms with van der Waals surface area (Å²) in [6.07, 6.45) is 4.09. The third kappa shape index (κ3) is 4.75. The molecule has 2 fully saturated rings. The van der Waals surface area contributed by atoms with E-state index in [1.165, 1.54) is 33.3 Å². The lowest BCUT2D eigenvalue weighted by atomic mass is 9.87. The van der Waals surface area contributed by atoms with Gasteiger partial charge < -0.3 is 14.6 Å². The molecule has 0 atom stereocenters. The van der Waals surface area contributed by atoms with Crippen LogP contribution in [0.2, 0.25) is 0 Å². The number of ether oxygens (including phenoxy) is 1. The van der Waals surface area contributed by atoms with Crippen LogP contribution in [0.15, 0.2) is 36.5 Å². The minimum Gasteiger partial charge on any atom is -0.378 e. The van der Waals surface area contributed by atoms with E-state index in [-0.39, 0.29) is 5.91 Å². The Kier molecular flexibility index (Phi) is 6.70. The molecule has 0 saturated carbocycles. The van der Waals surface area contributed by atoms with Crippen LogP contribution in [0, 0.1) is 6.92 Å². The largest absolute Gasteiger partial charge is 0.378 e. The number of likely N-dealkylation sites (tertiary alicyclic amines) is 1. The molecule has 0 radical (unpaired) electrons. The molecule has 5 rings (SSSR count). The fourth-order valence-corrected chi connectivity index (χ4v) is 5.54. The molecule has 2 aliphatic heterocycles. The molecule has 180 valence electrons. The lowest BCUT2D eigenvalue weighted by Crippen LogP contribution is -2.47. The molecule has 1 N–H and O–H groups in total. The second-order valence-electron chi connectivity index (χ2n) is 10.1. The molecule has 1 aromatic carbocycles. The van der Waals surface area contributed by atoms with Crippen LogP contribution in [-0.4, -0.2) is 71.6 Å². The molecule has 0 unspecified atom stereocenters. The Bertz CT molecular complexity index is 1150. The van der Waals surface area contributed by atoms with Crippen LogP contribution in [0.25, 0.3) is 22.2 Å². The van der Waals surface area contributed by atoms with Crippen molar-refractivity contribution < 1.29 is 9.53 Å². The molecule has 4 heterocycles. The second kappa shape index (κ2) is 9.88. The van der Waals surface area contributed by atoms with Gasteiger partial charge in [0.05, 0.1) is 25.5 Å². The summed E-state index contributed by atoms with van der Waals surface area (Å²) in [5, 5.41) is 1.34. The van der Waals surface area contributed by atoms with E-state index < -0.39 is 0 Å². The van der Waals surface area contributed by atoms with Crippen molar-refractivity contribution in [1.82, 2.24) is 19.8 Å². The predicted molar refractivity (Wildman–Crippen MR) is 136 cm³/mol. The van der Waals surface area contributed by atoms with Crippen LogP contribution < -0.4 is 0 Å². The summed E-state index contributed by atoms with van der Waals surface area (Å²) < 4.78 is 5.38. The van der Waals surface area contributed by atoms with Gasteiger partial charge in [0.1, 0.15) is 0 Å². The molecule has 34 heavy (non-hydrogen) atoms. The third-order valence-corrected chi connectivity index (χ3v) is 7.41. The molecule has 0 spiro atoms. The van der Waals surface area contributed by atoms with Crippen LogP contribution >= 0.6 is 0 Å². The van der Waals surface area contributed by atoms with E-state index >= 15 is 0 Å². The average Bonchev–Trinajstić information content (AvgIpc) is 3.24. The number of amides is 1. The SMILES string of the molecule is Cc1cc(-c2[nH]c3ccc(C4CCN(CC(=O)N5CCOCC5)CC4)cc3c2C(C)C)ccn1. The maximum absolute atomic E-state index is 12.6. The average molecular weight is 461 g/mol. The normalized spacial score (nSPS) is 18.2. The van der Waals surface area contributed by atoms with Crippen molar-refractivity contribution in [2.75, 3.05) is 45.9 Å². The number of piperidine rings is 1. The molecule has 2 aliphatic rings. The number of aromatic nitrogens is 2. The van der Waals surface area contributed by atoms with Crippen molar-refractivity contribution >= 4 is 16.8 Å². The highest BCUT2D eigenvalue weighted by atomic mass is 16.5. The minimum atomic E-state index is 0.246. The zero-order chi connectivity index (χ0) is 23.7. The van der Waals surface area contributed by atoms with Gasteiger partial charge in [-0.25, -0.2) is 0 Å². The summed E-state index contributed by atoms with van der Waals surface area (Å²) >= 11 is 0. The Morgan fingerprint density at radius 2 is 1.88 bits per heavy atom. The first-order valence-electron chi connectivity index (χ1n) is 12.7. The standard InChI is InChI=1S/C28H36N4O2/c1-19(2)27-24-17-22(4-5-25(24)30-28(27)23-6-9-29-20(3)16-23)21-7-10-31(11-8-21)18-26(33)32-12-14-34-15-13-32/h4-6,9,16-17,19,21,30H,7-8,10-15,18H2,1-3H3. The molecule has 6 nitrogen and oxygen atoms in total. The summed E-state index contributed by atoms with van der Waals surface area (Å²) in [5.74, 6) is 1.21. The van der Waals surface area contributed by atoms with E-state index in [1.807, 2.05) is 18.0 Å². The first-order valence-corrected chi connectivity index (χ1v) is 12.7. The lowest BCUT2D eigenvalue weighted by molar-refractivity contribution is -0.136. The zero-order valence-corrected chi connectivity index (χ0v) is 20.6. The maximum Gasteiger partial charge on any atom is 0.236 e. The highest BCUT2D eigenvalue weighted by Gasteiger charge is 2.25. The number of rotatable bonds is 5. The van der Waals surface area contributed by atoms with E-state index in [9.17, 15) is 4.79 Å². The second-order valence-corrected chi connectivity index (χ2v) is 10.1. The number of nitrogens with one attached hydrogen (secondary N) is 1. The topological polar surface area (TPSA) is 61.5 Å². The summed E-state index contributed by atoms with van der Waals surface area (Å²) in [5.41, 5.74) is 7.45. The number of carbonyl (C=O) groups is 1. The van der Waals surface area contributed by atoms with E-state index in [0.29, 0.717) is 31.6 Å². The van der Waals surface area contributed by atoms with Gasteiger partial charge in [0.15, 0.2) is 0 Å². The smallest absolute Gasteiger partial charge is 0.236 e. The number of fused-ring (bicyclic) bond motifs is 1. The number of nitrogens with zero attached hydrogens (tertiary/aromatic N) is 3. The quantitative estimate of drug-likeness (QED) is 0.600. The Hall–Kier alpha value is -2.70. The number of hydrogen-bond donors (Lipinski definition) is 1. The van der Waals surface area contributed by atoms with E-state index in [1.54, 1.807) is 0 Å². The lowest BCUT2D eigenvalue weighted by Gasteiger charge is -2.34. The number of hydrogen-bond acceptors (Lipinski definition) is 4. The van der Waals surface area contributed by atoms with Gasteiger partial charge in [-0.15, -0.1) is 0 Å². The molecule has 2 saturated heterocycles. The van der Waals surface area contributed by atoms with E-state index in [4.69, 9.17) is 4.74 Å². The van der Waals surface area contributed by atoms with E-state index in [2.05, 4.69) is 59.0 Å². The maximum atomic E-state index is 12.6. The minimum absolute atomic E-state index is 0.246. The number of aromatic amines is 1. The van der Waals surface area contributed by atoms with Crippen LogP contribution in [0.3, 0.4) is 0 Å². The number of aryl methyl sites for hydroxylation is 1. The molecular weight excluding hydrogens is 424 g/mol. The van der Waals surface area contributed by atoms with Gasteiger partial charge in [0, 0.05) is 41.4 Å². The number of benzene rings is 1. The van der Waals surface area contributed by atoms with Crippen molar-refractivity contribution in [3.63, 3.8) is 0 Å². The Labute approximate surface area is 202 Å². The van der Waals surface area contributed by atoms with E-state index in [0.717, 1.165) is 44.7 Å². The monoisotopic (exact) mass is 460 g/mol. The van der Waals surface area contributed by atoms with Crippen molar-refractivity contribution in [1.29, 1.82) is 0 Å². The molecule has 0 aliphatic carbocycles. The summed E-state index contributed by atoms with van der Waals surface area (Å²) in [6.45, 7) is 11.9. The van der Waals surface area contributed by atoms with Crippen LogP contribution in [-0.2, 0) is 9.53 Å². The molecule has 3 aromatic rings. The highest BCUT2D eigenvalue weighted by molar-refractivity contribution is 5.92.